The van der Waals surface area contributed by atoms with E-state index in [4.69, 9.17) is 4.52 Å². The Balaban J connectivity index is 1.43. The van der Waals surface area contributed by atoms with Gasteiger partial charge >= 0.3 is 0 Å². The molecule has 3 rings (SSSR count). The number of benzene rings is 1. The molecule has 7 nitrogen and oxygen atoms in total. The summed E-state index contributed by atoms with van der Waals surface area (Å²) in [7, 11) is 0. The van der Waals surface area contributed by atoms with Gasteiger partial charge in [-0.3, -0.25) is 14.5 Å². The molecule has 1 aromatic carbocycles. The first kappa shape index (κ1) is 18.1. The van der Waals surface area contributed by atoms with Gasteiger partial charge in [0.2, 0.25) is 5.91 Å². The maximum atomic E-state index is 12.4. The van der Waals surface area contributed by atoms with Crippen molar-refractivity contribution < 1.29 is 14.1 Å². The molecule has 2 amide bonds. The lowest BCUT2D eigenvalue weighted by molar-refractivity contribution is -0.117. The summed E-state index contributed by atoms with van der Waals surface area (Å²) in [6.45, 7) is 5.56. The average Bonchev–Trinajstić information content (AvgIpc) is 3.01. The highest BCUT2D eigenvalue weighted by Gasteiger charge is 2.23. The Morgan fingerprint density at radius 3 is 2.62 bits per heavy atom. The first-order valence-corrected chi connectivity index (χ1v) is 8.83. The molecule has 2 heterocycles. The molecule has 2 aromatic rings. The minimum absolute atomic E-state index is 0.0271. The molecular weight excluding hydrogens is 332 g/mol. The van der Waals surface area contributed by atoms with Crippen molar-refractivity contribution in [3.8, 4) is 0 Å². The number of aryl methyl sites for hydroxylation is 2. The molecule has 1 aliphatic heterocycles. The lowest BCUT2D eigenvalue weighted by Gasteiger charge is -2.31. The van der Waals surface area contributed by atoms with Crippen molar-refractivity contribution in [2.45, 2.75) is 32.7 Å². The molecular formula is C19H24N4O3. The predicted octanol–water partition coefficient (Wildman–Crippen LogP) is 2.12. The Kier molecular flexibility index (Phi) is 5.68. The highest BCUT2D eigenvalue weighted by molar-refractivity contribution is 5.95. The van der Waals surface area contributed by atoms with Gasteiger partial charge in [-0.2, -0.15) is 0 Å². The van der Waals surface area contributed by atoms with Gasteiger partial charge in [0.25, 0.3) is 5.91 Å². The molecule has 0 atom stereocenters. The van der Waals surface area contributed by atoms with Crippen LogP contribution in [0.15, 0.2) is 34.9 Å². The van der Waals surface area contributed by atoms with Crippen molar-refractivity contribution >= 4 is 17.6 Å². The summed E-state index contributed by atoms with van der Waals surface area (Å²) in [5.41, 5.74) is 1.69. The number of hydrogen-bond donors (Lipinski definition) is 2. The topological polar surface area (TPSA) is 87.5 Å². The first-order valence-electron chi connectivity index (χ1n) is 8.83. The van der Waals surface area contributed by atoms with Gasteiger partial charge in [-0.05, 0) is 38.3 Å². The van der Waals surface area contributed by atoms with Crippen LogP contribution in [0.1, 0.15) is 34.5 Å². The maximum Gasteiger partial charge on any atom is 0.251 e. The molecule has 0 bridgehead atoms. The minimum Gasteiger partial charge on any atom is -0.360 e. The van der Waals surface area contributed by atoms with E-state index >= 15 is 0 Å². The van der Waals surface area contributed by atoms with Crippen LogP contribution in [0.5, 0.6) is 0 Å². The van der Waals surface area contributed by atoms with E-state index in [0.29, 0.717) is 18.1 Å². The normalized spacial score (nSPS) is 15.6. The number of hydrogen-bond acceptors (Lipinski definition) is 5. The first-order chi connectivity index (χ1) is 12.5. The van der Waals surface area contributed by atoms with Crippen LogP contribution in [0.3, 0.4) is 0 Å². The van der Waals surface area contributed by atoms with E-state index in [1.54, 1.807) is 13.0 Å². The summed E-state index contributed by atoms with van der Waals surface area (Å²) < 4.78 is 4.93. The molecule has 0 unspecified atom stereocenters. The van der Waals surface area contributed by atoms with Crippen molar-refractivity contribution in [2.75, 3.05) is 25.0 Å². The van der Waals surface area contributed by atoms with E-state index in [2.05, 4.69) is 20.7 Å². The molecule has 138 valence electrons. The van der Waals surface area contributed by atoms with Gasteiger partial charge in [-0.1, -0.05) is 23.4 Å². The van der Waals surface area contributed by atoms with Crippen molar-refractivity contribution in [3.63, 3.8) is 0 Å². The average molecular weight is 356 g/mol. The van der Waals surface area contributed by atoms with E-state index < -0.39 is 0 Å². The van der Waals surface area contributed by atoms with Gasteiger partial charge < -0.3 is 15.2 Å². The summed E-state index contributed by atoms with van der Waals surface area (Å²) >= 11 is 0. The van der Waals surface area contributed by atoms with Crippen LogP contribution in [0.25, 0.3) is 0 Å². The van der Waals surface area contributed by atoms with Gasteiger partial charge in [-0.25, -0.2) is 0 Å². The van der Waals surface area contributed by atoms with Crippen LogP contribution in [0.4, 0.5) is 5.82 Å². The third-order valence-electron chi connectivity index (χ3n) is 4.58. The quantitative estimate of drug-likeness (QED) is 0.857. The number of carbonyl (C=O) groups is 2. The number of rotatable bonds is 5. The molecule has 0 spiro atoms. The van der Waals surface area contributed by atoms with E-state index in [1.807, 2.05) is 31.2 Å². The van der Waals surface area contributed by atoms with Crippen LogP contribution < -0.4 is 10.6 Å². The van der Waals surface area contributed by atoms with Crippen LogP contribution in [0, 0.1) is 13.8 Å². The van der Waals surface area contributed by atoms with Crippen LogP contribution in [0.2, 0.25) is 0 Å². The van der Waals surface area contributed by atoms with Crippen LogP contribution >= 0.6 is 0 Å². The monoisotopic (exact) mass is 356 g/mol. The highest BCUT2D eigenvalue weighted by Crippen LogP contribution is 2.13. The number of piperidine rings is 1. The van der Waals surface area contributed by atoms with Crippen molar-refractivity contribution in [3.05, 3.63) is 47.2 Å². The fourth-order valence-electron chi connectivity index (χ4n) is 3.14. The maximum absolute atomic E-state index is 12.4. The van der Waals surface area contributed by atoms with E-state index in [0.717, 1.165) is 37.1 Å². The van der Waals surface area contributed by atoms with Crippen molar-refractivity contribution in [1.82, 2.24) is 15.4 Å². The number of aromatic nitrogens is 1. The number of likely N-dealkylation sites (tertiary alicyclic amines) is 1. The Morgan fingerprint density at radius 1 is 1.23 bits per heavy atom. The van der Waals surface area contributed by atoms with Gasteiger partial charge in [0.15, 0.2) is 5.82 Å². The second kappa shape index (κ2) is 8.14. The molecule has 2 N–H and O–H groups in total. The van der Waals surface area contributed by atoms with E-state index in [9.17, 15) is 9.59 Å². The summed E-state index contributed by atoms with van der Waals surface area (Å²) in [6.07, 6.45) is 1.65. The molecule has 0 saturated carbocycles. The molecule has 1 saturated heterocycles. The van der Waals surface area contributed by atoms with Gasteiger partial charge in [0, 0.05) is 30.8 Å². The fourth-order valence-corrected chi connectivity index (χ4v) is 3.14. The molecule has 1 fully saturated rings. The Labute approximate surface area is 152 Å². The molecule has 26 heavy (non-hydrogen) atoms. The SMILES string of the molecule is Cc1cc(NC(=O)CN2CCC(NC(=O)c3ccccc3C)CC2)no1. The zero-order valence-electron chi connectivity index (χ0n) is 15.1. The molecule has 1 aliphatic rings. The Bertz CT molecular complexity index is 779. The third kappa shape index (κ3) is 4.70. The van der Waals surface area contributed by atoms with E-state index in [-0.39, 0.29) is 17.9 Å². The molecule has 7 heteroatoms. The summed E-state index contributed by atoms with van der Waals surface area (Å²) in [6, 6.07) is 9.41. The second-order valence-corrected chi connectivity index (χ2v) is 6.71. The summed E-state index contributed by atoms with van der Waals surface area (Å²) in [5, 5.41) is 9.59. The number of nitrogens with one attached hydrogen (secondary N) is 2. The lowest BCUT2D eigenvalue weighted by Crippen LogP contribution is -2.46. The standard InChI is InChI=1S/C19H24N4O3/c1-13-5-3-4-6-16(13)19(25)20-15-7-9-23(10-8-15)12-18(24)21-17-11-14(2)26-22-17/h3-6,11,15H,7-10,12H2,1-2H3,(H,20,25)(H,21,22,24). The minimum atomic E-state index is -0.110. The van der Waals surface area contributed by atoms with Crippen LogP contribution in [-0.2, 0) is 4.79 Å². The molecule has 0 aliphatic carbocycles. The molecule has 1 aromatic heterocycles. The molecule has 0 radical (unpaired) electrons. The van der Waals surface area contributed by atoms with Gasteiger partial charge in [-0.15, -0.1) is 0 Å². The van der Waals surface area contributed by atoms with E-state index in [1.165, 1.54) is 0 Å². The highest BCUT2D eigenvalue weighted by atomic mass is 16.5. The number of carbonyl (C=O) groups excluding carboxylic acids is 2. The second-order valence-electron chi connectivity index (χ2n) is 6.71. The predicted molar refractivity (Wildman–Crippen MR) is 98.0 cm³/mol. The van der Waals surface area contributed by atoms with Crippen molar-refractivity contribution in [2.24, 2.45) is 0 Å². The number of amides is 2. The zero-order chi connectivity index (χ0) is 18.5. The van der Waals surface area contributed by atoms with Gasteiger partial charge in [0.1, 0.15) is 5.76 Å². The van der Waals surface area contributed by atoms with Crippen LogP contribution in [-0.4, -0.2) is 47.5 Å². The Hall–Kier alpha value is -2.67. The summed E-state index contributed by atoms with van der Waals surface area (Å²) in [5.74, 6) is 0.958. The Morgan fingerprint density at radius 2 is 1.96 bits per heavy atom. The smallest absolute Gasteiger partial charge is 0.251 e. The number of nitrogens with zero attached hydrogens (tertiary/aromatic N) is 2. The zero-order valence-corrected chi connectivity index (χ0v) is 15.1. The number of anilines is 1. The largest absolute Gasteiger partial charge is 0.360 e. The third-order valence-corrected chi connectivity index (χ3v) is 4.58. The fraction of sp³-hybridized carbons (Fsp3) is 0.421. The summed E-state index contributed by atoms with van der Waals surface area (Å²) in [4.78, 5) is 26.5. The van der Waals surface area contributed by atoms with Crippen molar-refractivity contribution in [1.29, 1.82) is 0 Å². The van der Waals surface area contributed by atoms with Gasteiger partial charge in [0.05, 0.1) is 6.54 Å². The lowest BCUT2D eigenvalue weighted by atomic mass is 10.0.